The molecular weight excluding hydrogens is 276 g/mol. The Morgan fingerprint density at radius 2 is 2.05 bits per heavy atom. The fourth-order valence-electron chi connectivity index (χ4n) is 2.38. The van der Waals surface area contributed by atoms with Gasteiger partial charge in [0.05, 0.1) is 0 Å². The molecule has 1 aliphatic carbocycles. The Morgan fingerprint density at radius 1 is 1.35 bits per heavy atom. The van der Waals surface area contributed by atoms with Crippen molar-refractivity contribution in [3.8, 4) is 0 Å². The van der Waals surface area contributed by atoms with E-state index in [9.17, 15) is 9.59 Å². The molecule has 4 N–H and O–H groups in total. The Balaban J connectivity index is 2.10. The minimum atomic E-state index is -0.621. The average molecular weight is 296 g/mol. The van der Waals surface area contributed by atoms with Crippen molar-refractivity contribution in [1.29, 1.82) is 0 Å². The zero-order chi connectivity index (χ0) is 14.5. The van der Waals surface area contributed by atoms with Crippen LogP contribution in [-0.2, 0) is 4.79 Å². The Morgan fingerprint density at radius 3 is 2.65 bits per heavy atom. The summed E-state index contributed by atoms with van der Waals surface area (Å²) in [6.07, 6.45) is 5.20. The van der Waals surface area contributed by atoms with Crippen LogP contribution in [-0.4, -0.2) is 23.3 Å². The van der Waals surface area contributed by atoms with E-state index in [1.807, 2.05) is 6.92 Å². The highest BCUT2D eigenvalue weighted by atomic mass is 32.1. The lowest BCUT2D eigenvalue weighted by atomic mass is 9.89. The zero-order valence-corrected chi connectivity index (χ0v) is 12.4. The Labute approximate surface area is 122 Å². The van der Waals surface area contributed by atoms with Crippen molar-refractivity contribution in [2.24, 2.45) is 11.7 Å². The summed E-state index contributed by atoms with van der Waals surface area (Å²) in [6, 6.07) is 0. The Kier molecular flexibility index (Phi) is 4.94. The molecule has 1 saturated carbocycles. The average Bonchev–Trinajstić information content (AvgIpc) is 2.83. The summed E-state index contributed by atoms with van der Waals surface area (Å²) in [5.41, 5.74) is 5.44. The third kappa shape index (κ3) is 3.47. The lowest BCUT2D eigenvalue weighted by molar-refractivity contribution is -0.120. The van der Waals surface area contributed by atoms with Crippen molar-refractivity contribution < 1.29 is 9.59 Å². The monoisotopic (exact) mass is 296 g/mol. The van der Waals surface area contributed by atoms with Crippen molar-refractivity contribution in [3.63, 3.8) is 0 Å². The summed E-state index contributed by atoms with van der Waals surface area (Å²) in [4.78, 5) is 27.7. The Bertz CT molecular complexity index is 495. The molecule has 1 aliphatic rings. The lowest BCUT2D eigenvalue weighted by Gasteiger charge is -2.20. The van der Waals surface area contributed by atoms with E-state index in [1.165, 1.54) is 17.8 Å². The van der Waals surface area contributed by atoms with E-state index < -0.39 is 5.91 Å². The summed E-state index contributed by atoms with van der Waals surface area (Å²) < 4.78 is 0. The van der Waals surface area contributed by atoms with Crippen molar-refractivity contribution in [1.82, 2.24) is 4.98 Å². The molecule has 1 fully saturated rings. The van der Waals surface area contributed by atoms with Gasteiger partial charge in [-0.1, -0.05) is 30.6 Å². The van der Waals surface area contributed by atoms with Gasteiger partial charge in [-0.05, 0) is 19.8 Å². The van der Waals surface area contributed by atoms with E-state index in [1.54, 1.807) is 0 Å². The van der Waals surface area contributed by atoms with E-state index >= 15 is 0 Å². The van der Waals surface area contributed by atoms with E-state index in [0.717, 1.165) is 25.7 Å². The number of thiazole rings is 1. The van der Waals surface area contributed by atoms with E-state index in [2.05, 4.69) is 15.6 Å². The molecule has 2 rings (SSSR count). The largest absolute Gasteiger partial charge is 0.364 e. The molecule has 0 spiro atoms. The van der Waals surface area contributed by atoms with Crippen LogP contribution in [0.15, 0.2) is 0 Å². The van der Waals surface area contributed by atoms with Crippen molar-refractivity contribution in [2.45, 2.75) is 39.0 Å². The van der Waals surface area contributed by atoms with Crippen LogP contribution < -0.4 is 16.4 Å². The smallest absolute Gasteiger partial charge is 0.270 e. The molecule has 1 aromatic rings. The SMILES string of the molecule is CCNc1nc(C(N)=O)c(NC(=O)C2CCCCC2)s1. The molecule has 0 radical (unpaired) electrons. The molecule has 0 aliphatic heterocycles. The van der Waals surface area contributed by atoms with Gasteiger partial charge in [0.25, 0.3) is 5.91 Å². The number of carbonyl (C=O) groups is 2. The van der Waals surface area contributed by atoms with Crippen LogP contribution >= 0.6 is 11.3 Å². The molecule has 0 aromatic carbocycles. The summed E-state index contributed by atoms with van der Waals surface area (Å²) in [5, 5.41) is 6.89. The number of hydrogen-bond donors (Lipinski definition) is 3. The fraction of sp³-hybridized carbons (Fsp3) is 0.615. The van der Waals surface area contributed by atoms with Gasteiger partial charge in [0.15, 0.2) is 10.8 Å². The normalized spacial score (nSPS) is 15.8. The zero-order valence-electron chi connectivity index (χ0n) is 11.6. The van der Waals surface area contributed by atoms with Crippen LogP contribution in [0.5, 0.6) is 0 Å². The summed E-state index contributed by atoms with van der Waals surface area (Å²) in [6.45, 7) is 2.63. The van der Waals surface area contributed by atoms with Gasteiger partial charge in [-0.25, -0.2) is 4.98 Å². The molecule has 0 saturated heterocycles. The number of nitrogens with one attached hydrogen (secondary N) is 2. The van der Waals surface area contributed by atoms with Gasteiger partial charge in [0, 0.05) is 12.5 Å². The van der Waals surface area contributed by atoms with E-state index in [0.29, 0.717) is 16.7 Å². The third-order valence-corrected chi connectivity index (χ3v) is 4.33. The van der Waals surface area contributed by atoms with Gasteiger partial charge in [-0.15, -0.1) is 0 Å². The number of nitrogens with zero attached hydrogens (tertiary/aromatic N) is 1. The number of nitrogens with two attached hydrogens (primary N) is 1. The molecule has 1 heterocycles. The van der Waals surface area contributed by atoms with Crippen molar-refractivity contribution in [2.75, 3.05) is 17.2 Å². The van der Waals surface area contributed by atoms with Gasteiger partial charge in [0.2, 0.25) is 5.91 Å². The molecule has 0 atom stereocenters. The van der Waals surface area contributed by atoms with Crippen molar-refractivity contribution in [3.05, 3.63) is 5.69 Å². The molecule has 110 valence electrons. The Hall–Kier alpha value is -1.63. The molecule has 2 amide bonds. The number of amides is 2. The first-order valence-electron chi connectivity index (χ1n) is 6.97. The number of primary amides is 1. The highest BCUT2D eigenvalue weighted by molar-refractivity contribution is 7.20. The van der Waals surface area contributed by atoms with Gasteiger partial charge in [-0.2, -0.15) is 0 Å². The maximum Gasteiger partial charge on any atom is 0.270 e. The van der Waals surface area contributed by atoms with Gasteiger partial charge < -0.3 is 16.4 Å². The summed E-state index contributed by atoms with van der Waals surface area (Å²) in [7, 11) is 0. The first-order valence-corrected chi connectivity index (χ1v) is 7.78. The number of rotatable bonds is 5. The first kappa shape index (κ1) is 14.8. The maximum atomic E-state index is 12.2. The minimum absolute atomic E-state index is 0.0288. The lowest BCUT2D eigenvalue weighted by Crippen LogP contribution is -2.25. The molecule has 20 heavy (non-hydrogen) atoms. The van der Waals surface area contributed by atoms with Gasteiger partial charge in [-0.3, -0.25) is 9.59 Å². The fourth-order valence-corrected chi connectivity index (χ4v) is 3.32. The topological polar surface area (TPSA) is 97.1 Å². The third-order valence-electron chi connectivity index (χ3n) is 3.40. The van der Waals surface area contributed by atoms with E-state index in [4.69, 9.17) is 5.73 Å². The summed E-state index contributed by atoms with van der Waals surface area (Å²) >= 11 is 1.25. The highest BCUT2D eigenvalue weighted by Gasteiger charge is 2.24. The number of anilines is 2. The number of carbonyl (C=O) groups excluding carboxylic acids is 2. The van der Waals surface area contributed by atoms with Crippen LogP contribution in [0.2, 0.25) is 0 Å². The molecule has 1 aromatic heterocycles. The quantitative estimate of drug-likeness (QED) is 0.776. The first-order chi connectivity index (χ1) is 9.61. The van der Waals surface area contributed by atoms with Crippen LogP contribution in [0.3, 0.4) is 0 Å². The van der Waals surface area contributed by atoms with Crippen LogP contribution in [0.4, 0.5) is 10.1 Å². The highest BCUT2D eigenvalue weighted by Crippen LogP contribution is 2.30. The number of hydrogen-bond acceptors (Lipinski definition) is 5. The minimum Gasteiger partial charge on any atom is -0.364 e. The maximum absolute atomic E-state index is 12.2. The van der Waals surface area contributed by atoms with E-state index in [-0.39, 0.29) is 17.5 Å². The van der Waals surface area contributed by atoms with Crippen LogP contribution in [0.25, 0.3) is 0 Å². The number of aromatic nitrogens is 1. The van der Waals surface area contributed by atoms with Crippen LogP contribution in [0.1, 0.15) is 49.5 Å². The second-order valence-electron chi connectivity index (χ2n) is 4.92. The molecule has 0 unspecified atom stereocenters. The molecule has 6 nitrogen and oxygen atoms in total. The van der Waals surface area contributed by atoms with Gasteiger partial charge >= 0.3 is 0 Å². The standard InChI is InChI=1S/C13H20N4O2S/c1-2-15-13-16-9(10(14)18)12(20-13)17-11(19)8-6-4-3-5-7-8/h8H,2-7H2,1H3,(H2,14,18)(H,15,16)(H,17,19). The predicted molar refractivity (Wildman–Crippen MR) is 80.0 cm³/mol. The second-order valence-corrected chi connectivity index (χ2v) is 5.91. The van der Waals surface area contributed by atoms with Crippen LogP contribution in [0, 0.1) is 5.92 Å². The molecule has 0 bridgehead atoms. The predicted octanol–water partition coefficient (Wildman–Crippen LogP) is 2.19. The van der Waals surface area contributed by atoms with Gasteiger partial charge in [0.1, 0.15) is 5.00 Å². The van der Waals surface area contributed by atoms with Crippen molar-refractivity contribution >= 4 is 33.3 Å². The molecular formula is C13H20N4O2S. The second kappa shape index (κ2) is 6.69. The summed E-state index contributed by atoms with van der Waals surface area (Å²) in [5.74, 6) is -0.614. The molecule has 7 heteroatoms.